The molecule has 7 heteroatoms. The first-order valence-corrected chi connectivity index (χ1v) is 9.34. The first kappa shape index (κ1) is 19.9. The number of carbonyl (C=O) groups excluding carboxylic acids is 2. The molecular formula is C21H21ClN2O4. The van der Waals surface area contributed by atoms with Gasteiger partial charge in [-0.15, -0.1) is 0 Å². The van der Waals surface area contributed by atoms with Gasteiger partial charge in [-0.05, 0) is 35.2 Å². The minimum Gasteiger partial charge on any atom is -0.481 e. The van der Waals surface area contributed by atoms with E-state index >= 15 is 0 Å². The number of nitrogens with one attached hydrogen (secondary N) is 1. The number of halogens is 1. The predicted octanol–water partition coefficient (Wildman–Crippen LogP) is 3.09. The second-order valence-electron chi connectivity index (χ2n) is 7.13. The van der Waals surface area contributed by atoms with E-state index in [0.29, 0.717) is 11.4 Å². The number of benzene rings is 2. The van der Waals surface area contributed by atoms with E-state index in [-0.39, 0.29) is 31.1 Å². The van der Waals surface area contributed by atoms with Gasteiger partial charge in [-0.1, -0.05) is 48.0 Å². The summed E-state index contributed by atoms with van der Waals surface area (Å²) in [6.07, 6.45) is 0.263. The number of hydrogen-bond acceptors (Lipinski definition) is 3. The van der Waals surface area contributed by atoms with E-state index in [0.717, 1.165) is 16.7 Å². The Labute approximate surface area is 167 Å². The fraction of sp³-hybridized carbons (Fsp3) is 0.286. The minimum atomic E-state index is -0.978. The summed E-state index contributed by atoms with van der Waals surface area (Å²) in [6, 6.07) is 15.3. The molecule has 2 atom stereocenters. The standard InChI is InChI=1S/C21H21ClN2O4/c22-16-3-1-2-15(10-16)13-4-6-14(7-5-13)17-11-21(17,12-20(27)28)24-19(26)9-8-18(23)25/h1-7,10,17H,8-9,11-12H2,(H2,23,25)(H,24,26)(H,27,28)/t17-,21?/m0/s1. The van der Waals surface area contributed by atoms with Gasteiger partial charge in [-0.25, -0.2) is 0 Å². The van der Waals surface area contributed by atoms with E-state index in [1.807, 2.05) is 48.5 Å². The summed E-state index contributed by atoms with van der Waals surface area (Å²) in [5.74, 6) is -1.99. The first-order chi connectivity index (χ1) is 13.3. The number of rotatable bonds is 8. The molecule has 4 N–H and O–H groups in total. The van der Waals surface area contributed by atoms with Gasteiger partial charge in [0.15, 0.2) is 0 Å². The van der Waals surface area contributed by atoms with Crippen LogP contribution in [-0.2, 0) is 14.4 Å². The highest BCUT2D eigenvalue weighted by Gasteiger charge is 2.56. The Kier molecular flexibility index (Phi) is 5.70. The van der Waals surface area contributed by atoms with Gasteiger partial charge in [0.25, 0.3) is 0 Å². The van der Waals surface area contributed by atoms with Crippen molar-refractivity contribution in [3.05, 3.63) is 59.1 Å². The summed E-state index contributed by atoms with van der Waals surface area (Å²) in [6.45, 7) is 0. The van der Waals surface area contributed by atoms with Crippen molar-refractivity contribution >= 4 is 29.4 Å². The summed E-state index contributed by atoms with van der Waals surface area (Å²) in [5, 5.41) is 12.7. The Morgan fingerprint density at radius 1 is 1.11 bits per heavy atom. The van der Waals surface area contributed by atoms with Crippen LogP contribution in [-0.4, -0.2) is 28.4 Å². The zero-order valence-electron chi connectivity index (χ0n) is 15.2. The molecule has 2 aromatic rings. The molecule has 1 aliphatic rings. The molecule has 146 valence electrons. The molecule has 28 heavy (non-hydrogen) atoms. The lowest BCUT2D eigenvalue weighted by molar-refractivity contribution is -0.138. The van der Waals surface area contributed by atoms with Crippen molar-refractivity contribution in [3.8, 4) is 11.1 Å². The zero-order chi connectivity index (χ0) is 20.3. The van der Waals surface area contributed by atoms with Crippen LogP contribution in [0.3, 0.4) is 0 Å². The topological polar surface area (TPSA) is 109 Å². The van der Waals surface area contributed by atoms with Gasteiger partial charge >= 0.3 is 5.97 Å². The second kappa shape index (κ2) is 8.02. The Morgan fingerprint density at radius 3 is 2.43 bits per heavy atom. The van der Waals surface area contributed by atoms with Crippen LogP contribution in [0.1, 0.15) is 37.2 Å². The van der Waals surface area contributed by atoms with E-state index < -0.39 is 17.4 Å². The van der Waals surface area contributed by atoms with E-state index in [2.05, 4.69) is 5.32 Å². The van der Waals surface area contributed by atoms with Crippen LogP contribution in [0.15, 0.2) is 48.5 Å². The maximum atomic E-state index is 12.1. The fourth-order valence-electron chi connectivity index (χ4n) is 3.54. The predicted molar refractivity (Wildman–Crippen MR) is 106 cm³/mol. The van der Waals surface area contributed by atoms with Gasteiger partial charge in [-0.3, -0.25) is 14.4 Å². The number of amides is 2. The molecule has 2 aromatic carbocycles. The molecule has 0 aromatic heterocycles. The molecule has 0 heterocycles. The smallest absolute Gasteiger partial charge is 0.305 e. The van der Waals surface area contributed by atoms with Crippen LogP contribution in [0.2, 0.25) is 5.02 Å². The molecule has 1 unspecified atom stereocenters. The molecule has 0 radical (unpaired) electrons. The molecule has 1 fully saturated rings. The second-order valence-corrected chi connectivity index (χ2v) is 7.57. The third kappa shape index (κ3) is 4.70. The number of carbonyl (C=O) groups is 3. The molecule has 0 saturated heterocycles. The summed E-state index contributed by atoms with van der Waals surface area (Å²) >= 11 is 6.04. The maximum absolute atomic E-state index is 12.1. The number of hydrogen-bond donors (Lipinski definition) is 3. The summed E-state index contributed by atoms with van der Waals surface area (Å²) < 4.78 is 0. The van der Waals surface area contributed by atoms with Crippen LogP contribution in [0.5, 0.6) is 0 Å². The van der Waals surface area contributed by atoms with Crippen molar-refractivity contribution in [2.75, 3.05) is 0 Å². The fourth-order valence-corrected chi connectivity index (χ4v) is 3.73. The van der Waals surface area contributed by atoms with Gasteiger partial charge < -0.3 is 16.2 Å². The quantitative estimate of drug-likeness (QED) is 0.632. The first-order valence-electron chi connectivity index (χ1n) is 8.96. The number of aliphatic carboxylic acids is 1. The van der Waals surface area contributed by atoms with Crippen LogP contribution in [0, 0.1) is 0 Å². The summed E-state index contributed by atoms with van der Waals surface area (Å²) in [7, 11) is 0. The third-order valence-corrected chi connectivity index (χ3v) is 5.23. The Bertz CT molecular complexity index is 913. The van der Waals surface area contributed by atoms with Gasteiger partial charge in [0.1, 0.15) is 0 Å². The van der Waals surface area contributed by atoms with E-state index in [9.17, 15) is 19.5 Å². The largest absolute Gasteiger partial charge is 0.481 e. The lowest BCUT2D eigenvalue weighted by Gasteiger charge is -2.18. The molecule has 1 aliphatic carbocycles. The molecule has 0 bridgehead atoms. The minimum absolute atomic E-state index is 0.0445. The van der Waals surface area contributed by atoms with Crippen molar-refractivity contribution in [1.82, 2.24) is 5.32 Å². The third-order valence-electron chi connectivity index (χ3n) is 5.00. The van der Waals surface area contributed by atoms with Gasteiger partial charge in [0.2, 0.25) is 11.8 Å². The maximum Gasteiger partial charge on any atom is 0.305 e. The molecule has 3 rings (SSSR count). The Morgan fingerprint density at radius 2 is 1.82 bits per heavy atom. The van der Waals surface area contributed by atoms with Crippen molar-refractivity contribution in [2.24, 2.45) is 5.73 Å². The number of primary amides is 1. The normalized spacial score (nSPS) is 20.4. The highest BCUT2D eigenvalue weighted by molar-refractivity contribution is 6.30. The molecule has 0 aliphatic heterocycles. The Balaban J connectivity index is 1.74. The highest BCUT2D eigenvalue weighted by Crippen LogP contribution is 2.54. The van der Waals surface area contributed by atoms with Crippen LogP contribution in [0.4, 0.5) is 0 Å². The van der Waals surface area contributed by atoms with E-state index in [1.54, 1.807) is 0 Å². The average Bonchev–Trinajstić information content (AvgIpc) is 3.32. The Hall–Kier alpha value is -2.86. The van der Waals surface area contributed by atoms with E-state index in [4.69, 9.17) is 17.3 Å². The van der Waals surface area contributed by atoms with Crippen LogP contribution < -0.4 is 11.1 Å². The SMILES string of the molecule is NC(=O)CCC(=O)NC1(CC(=O)O)C[C@H]1c1ccc(-c2cccc(Cl)c2)cc1. The van der Waals surface area contributed by atoms with Gasteiger partial charge in [-0.2, -0.15) is 0 Å². The van der Waals surface area contributed by atoms with Crippen LogP contribution in [0.25, 0.3) is 11.1 Å². The lowest BCUT2D eigenvalue weighted by atomic mass is 9.99. The van der Waals surface area contributed by atoms with E-state index in [1.165, 1.54) is 0 Å². The number of carboxylic acid groups (broad SMARTS) is 1. The molecular weight excluding hydrogens is 380 g/mol. The summed E-state index contributed by atoms with van der Waals surface area (Å²) in [4.78, 5) is 34.3. The number of nitrogens with two attached hydrogens (primary N) is 1. The zero-order valence-corrected chi connectivity index (χ0v) is 15.9. The summed E-state index contributed by atoms with van der Waals surface area (Å²) in [5.41, 5.74) is 7.20. The van der Waals surface area contributed by atoms with Crippen LogP contribution >= 0.6 is 11.6 Å². The van der Waals surface area contributed by atoms with Crippen molar-refractivity contribution in [2.45, 2.75) is 37.1 Å². The van der Waals surface area contributed by atoms with Gasteiger partial charge in [0.05, 0.1) is 12.0 Å². The lowest BCUT2D eigenvalue weighted by Crippen LogP contribution is -2.40. The highest BCUT2D eigenvalue weighted by atomic mass is 35.5. The molecule has 2 amide bonds. The van der Waals surface area contributed by atoms with Crippen molar-refractivity contribution in [1.29, 1.82) is 0 Å². The molecule has 6 nitrogen and oxygen atoms in total. The number of carboxylic acids is 1. The van der Waals surface area contributed by atoms with Gasteiger partial charge in [0, 0.05) is 23.8 Å². The molecule has 1 saturated carbocycles. The average molecular weight is 401 g/mol. The van der Waals surface area contributed by atoms with Crippen molar-refractivity contribution in [3.63, 3.8) is 0 Å². The molecule has 0 spiro atoms. The monoisotopic (exact) mass is 400 g/mol. The van der Waals surface area contributed by atoms with Crippen molar-refractivity contribution < 1.29 is 19.5 Å².